The molecule has 0 aliphatic carbocycles. The van der Waals surface area contributed by atoms with Gasteiger partial charge in [-0.1, -0.05) is 30.3 Å². The Labute approximate surface area is 151 Å². The van der Waals surface area contributed by atoms with Crippen molar-refractivity contribution in [1.29, 1.82) is 0 Å². The number of nitrogens with zero attached hydrogens (tertiary/aromatic N) is 1. The Balaban J connectivity index is 1.74. The molecular formula is C19H22N2O5. The standard InChI is InChI=1S/C19H22N2O5/c20-19(10-22,11-23)12-26-18(25)14-8-9-21-15(14)6-7-16(21)17(24)13-4-2-1-3-5-13/h1-7,14,22-23H,8-12,20H2. The molecular weight excluding hydrogens is 336 g/mol. The number of rotatable bonds is 7. The molecule has 26 heavy (non-hydrogen) atoms. The summed E-state index contributed by atoms with van der Waals surface area (Å²) in [6.07, 6.45) is 0.528. The second-order valence-electron chi connectivity index (χ2n) is 6.62. The number of nitrogens with two attached hydrogens (primary N) is 1. The molecule has 0 bridgehead atoms. The molecule has 1 aromatic heterocycles. The highest BCUT2D eigenvalue weighted by molar-refractivity contribution is 6.08. The summed E-state index contributed by atoms with van der Waals surface area (Å²) in [7, 11) is 0. The van der Waals surface area contributed by atoms with Crippen LogP contribution in [0.25, 0.3) is 0 Å². The van der Waals surface area contributed by atoms with Crippen LogP contribution in [0.4, 0.5) is 0 Å². The van der Waals surface area contributed by atoms with Crippen LogP contribution < -0.4 is 5.73 Å². The Hall–Kier alpha value is -2.48. The SMILES string of the molecule is NC(CO)(CO)COC(=O)C1CCn2c(C(=O)c3ccccc3)ccc21. The molecule has 7 heteroatoms. The lowest BCUT2D eigenvalue weighted by molar-refractivity contribution is -0.148. The zero-order chi connectivity index (χ0) is 18.7. The highest BCUT2D eigenvalue weighted by atomic mass is 16.5. The topological polar surface area (TPSA) is 115 Å². The minimum absolute atomic E-state index is 0.0904. The van der Waals surface area contributed by atoms with Gasteiger partial charge in [0.2, 0.25) is 5.78 Å². The monoisotopic (exact) mass is 358 g/mol. The predicted molar refractivity (Wildman–Crippen MR) is 93.7 cm³/mol. The van der Waals surface area contributed by atoms with Gasteiger partial charge in [-0.3, -0.25) is 9.59 Å². The average Bonchev–Trinajstić information content (AvgIpc) is 3.28. The zero-order valence-corrected chi connectivity index (χ0v) is 14.3. The van der Waals surface area contributed by atoms with Gasteiger partial charge in [0.15, 0.2) is 0 Å². The van der Waals surface area contributed by atoms with Gasteiger partial charge in [-0.2, -0.15) is 0 Å². The summed E-state index contributed by atoms with van der Waals surface area (Å²) in [5.74, 6) is -1.06. The predicted octanol–water partition coefficient (Wildman–Crippen LogP) is 0.432. The van der Waals surface area contributed by atoms with Crippen LogP contribution in [0.2, 0.25) is 0 Å². The van der Waals surface area contributed by atoms with Gasteiger partial charge in [-0.15, -0.1) is 0 Å². The normalized spacial score (nSPS) is 16.3. The summed E-state index contributed by atoms with van der Waals surface area (Å²) in [5, 5.41) is 18.4. The molecule has 0 fully saturated rings. The van der Waals surface area contributed by atoms with Gasteiger partial charge < -0.3 is 25.3 Å². The van der Waals surface area contributed by atoms with Crippen molar-refractivity contribution >= 4 is 11.8 Å². The third kappa shape index (κ3) is 3.41. The quantitative estimate of drug-likeness (QED) is 0.488. The van der Waals surface area contributed by atoms with Crippen molar-refractivity contribution in [3.8, 4) is 0 Å². The average molecular weight is 358 g/mol. The summed E-state index contributed by atoms with van der Waals surface area (Å²) in [6, 6.07) is 12.5. The summed E-state index contributed by atoms with van der Waals surface area (Å²) >= 11 is 0. The second kappa shape index (κ2) is 7.41. The van der Waals surface area contributed by atoms with Crippen LogP contribution in [0.3, 0.4) is 0 Å². The first-order valence-corrected chi connectivity index (χ1v) is 8.45. The number of aliphatic hydroxyl groups is 2. The Morgan fingerprint density at radius 3 is 2.50 bits per heavy atom. The van der Waals surface area contributed by atoms with Gasteiger partial charge >= 0.3 is 5.97 Å². The van der Waals surface area contributed by atoms with E-state index >= 15 is 0 Å². The number of carbonyl (C=O) groups is 2. The Kier molecular flexibility index (Phi) is 5.22. The number of benzene rings is 1. The van der Waals surface area contributed by atoms with Crippen molar-refractivity contribution < 1.29 is 24.5 Å². The van der Waals surface area contributed by atoms with E-state index in [0.29, 0.717) is 24.2 Å². The molecule has 4 N–H and O–H groups in total. The maximum absolute atomic E-state index is 12.7. The molecule has 1 aliphatic rings. The van der Waals surface area contributed by atoms with E-state index in [1.165, 1.54) is 0 Å². The zero-order valence-electron chi connectivity index (χ0n) is 14.3. The fourth-order valence-corrected chi connectivity index (χ4v) is 3.07. The number of hydrogen-bond donors (Lipinski definition) is 3. The van der Waals surface area contributed by atoms with Crippen LogP contribution in [0, 0.1) is 0 Å². The molecule has 2 aromatic rings. The number of carbonyl (C=O) groups excluding carboxylic acids is 2. The van der Waals surface area contributed by atoms with E-state index in [4.69, 9.17) is 10.5 Å². The highest BCUT2D eigenvalue weighted by Gasteiger charge is 2.34. The molecule has 1 aliphatic heterocycles. The van der Waals surface area contributed by atoms with Crippen LogP contribution in [0.1, 0.15) is 34.1 Å². The van der Waals surface area contributed by atoms with Crippen molar-refractivity contribution in [2.24, 2.45) is 5.73 Å². The lowest BCUT2D eigenvalue weighted by Gasteiger charge is -2.24. The van der Waals surface area contributed by atoms with E-state index in [1.54, 1.807) is 24.3 Å². The van der Waals surface area contributed by atoms with Gasteiger partial charge in [0.25, 0.3) is 0 Å². The molecule has 0 spiro atoms. The maximum atomic E-state index is 12.7. The smallest absolute Gasteiger partial charge is 0.315 e. The molecule has 0 saturated heterocycles. The Bertz CT molecular complexity index is 796. The van der Waals surface area contributed by atoms with E-state index < -0.39 is 30.6 Å². The molecule has 138 valence electrons. The van der Waals surface area contributed by atoms with Crippen molar-refractivity contribution in [1.82, 2.24) is 4.57 Å². The molecule has 1 unspecified atom stereocenters. The first-order chi connectivity index (χ1) is 12.5. The first-order valence-electron chi connectivity index (χ1n) is 8.45. The number of fused-ring (bicyclic) bond motifs is 1. The number of esters is 1. The Morgan fingerprint density at radius 2 is 1.85 bits per heavy atom. The number of ketones is 1. The van der Waals surface area contributed by atoms with E-state index in [1.807, 2.05) is 22.8 Å². The van der Waals surface area contributed by atoms with Gasteiger partial charge in [0.05, 0.1) is 30.4 Å². The van der Waals surface area contributed by atoms with Gasteiger partial charge in [0.1, 0.15) is 6.61 Å². The van der Waals surface area contributed by atoms with E-state index in [2.05, 4.69) is 0 Å². The first kappa shape index (κ1) is 18.3. The number of aliphatic hydroxyl groups excluding tert-OH is 2. The summed E-state index contributed by atoms with van der Waals surface area (Å²) in [5.41, 5.74) is 6.23. The fourth-order valence-electron chi connectivity index (χ4n) is 3.07. The largest absolute Gasteiger partial charge is 0.463 e. The van der Waals surface area contributed by atoms with E-state index in [0.717, 1.165) is 5.69 Å². The van der Waals surface area contributed by atoms with Crippen LogP contribution in [0.5, 0.6) is 0 Å². The van der Waals surface area contributed by atoms with Gasteiger partial charge in [0, 0.05) is 17.8 Å². The molecule has 2 heterocycles. The maximum Gasteiger partial charge on any atom is 0.315 e. The molecule has 7 nitrogen and oxygen atoms in total. The van der Waals surface area contributed by atoms with E-state index in [9.17, 15) is 19.8 Å². The number of ether oxygens (including phenoxy) is 1. The molecule has 0 amide bonds. The summed E-state index contributed by atoms with van der Waals surface area (Å²) in [4.78, 5) is 25.1. The van der Waals surface area contributed by atoms with Crippen LogP contribution in [-0.4, -0.2) is 51.9 Å². The fraction of sp³-hybridized carbons (Fsp3) is 0.368. The number of hydrogen-bond acceptors (Lipinski definition) is 6. The molecule has 1 aromatic carbocycles. The van der Waals surface area contributed by atoms with Crippen LogP contribution in [0.15, 0.2) is 42.5 Å². The molecule has 3 rings (SSSR count). The minimum atomic E-state index is -1.36. The minimum Gasteiger partial charge on any atom is -0.463 e. The van der Waals surface area contributed by atoms with Gasteiger partial charge in [-0.25, -0.2) is 0 Å². The lowest BCUT2D eigenvalue weighted by Crippen LogP contribution is -2.52. The van der Waals surface area contributed by atoms with Crippen molar-refractivity contribution in [3.05, 3.63) is 59.4 Å². The van der Waals surface area contributed by atoms with Gasteiger partial charge in [-0.05, 0) is 18.6 Å². The molecule has 0 radical (unpaired) electrons. The van der Waals surface area contributed by atoms with Crippen LogP contribution >= 0.6 is 0 Å². The van der Waals surface area contributed by atoms with E-state index in [-0.39, 0.29) is 12.4 Å². The second-order valence-corrected chi connectivity index (χ2v) is 6.62. The summed E-state index contributed by atoms with van der Waals surface area (Å²) in [6.45, 7) is -0.712. The Morgan fingerprint density at radius 1 is 1.15 bits per heavy atom. The lowest BCUT2D eigenvalue weighted by atomic mass is 10.0. The van der Waals surface area contributed by atoms with Crippen molar-refractivity contribution in [3.63, 3.8) is 0 Å². The third-order valence-electron chi connectivity index (χ3n) is 4.70. The number of aromatic nitrogens is 1. The van der Waals surface area contributed by atoms with Crippen LogP contribution in [-0.2, 0) is 16.1 Å². The molecule has 0 saturated carbocycles. The van der Waals surface area contributed by atoms with Crippen molar-refractivity contribution in [2.45, 2.75) is 24.4 Å². The molecule has 1 atom stereocenters. The summed E-state index contributed by atoms with van der Waals surface area (Å²) < 4.78 is 7.04. The highest BCUT2D eigenvalue weighted by Crippen LogP contribution is 2.32. The third-order valence-corrected chi connectivity index (χ3v) is 4.70. The van der Waals surface area contributed by atoms with Crippen molar-refractivity contribution in [2.75, 3.05) is 19.8 Å².